The Bertz CT molecular complexity index is 703. The summed E-state index contributed by atoms with van der Waals surface area (Å²) in [7, 11) is 0. The average Bonchev–Trinajstić information content (AvgIpc) is 2.55. The molecule has 116 valence electrons. The molecule has 1 aliphatic rings. The summed E-state index contributed by atoms with van der Waals surface area (Å²) in [6.45, 7) is 0. The minimum atomic E-state index is 0.140. The van der Waals surface area contributed by atoms with Crippen LogP contribution in [0, 0.1) is 0 Å². The van der Waals surface area contributed by atoms with Crippen molar-refractivity contribution in [3.8, 4) is 0 Å². The summed E-state index contributed by atoms with van der Waals surface area (Å²) in [6.07, 6.45) is 6.56. The zero-order valence-corrected chi connectivity index (χ0v) is 14.1. The molecule has 0 bridgehead atoms. The van der Waals surface area contributed by atoms with Gasteiger partial charge in [0.05, 0.1) is 0 Å². The maximum atomic E-state index is 12.7. The van der Waals surface area contributed by atoms with Crippen LogP contribution >= 0.6 is 23.2 Å². The first-order valence-corrected chi connectivity index (χ1v) is 8.34. The molecule has 3 rings (SSSR count). The molecular formula is C20H16Cl2O. The normalized spacial score (nSPS) is 18.6. The van der Waals surface area contributed by atoms with Crippen LogP contribution in [0.25, 0.3) is 12.2 Å². The van der Waals surface area contributed by atoms with Gasteiger partial charge in [-0.25, -0.2) is 0 Å². The van der Waals surface area contributed by atoms with Gasteiger partial charge in [0.2, 0.25) is 0 Å². The molecule has 2 aromatic carbocycles. The lowest BCUT2D eigenvalue weighted by Gasteiger charge is -2.16. The number of ketones is 1. The van der Waals surface area contributed by atoms with Gasteiger partial charge >= 0.3 is 0 Å². The van der Waals surface area contributed by atoms with E-state index in [1.165, 1.54) is 0 Å². The molecule has 0 N–H and O–H groups in total. The van der Waals surface area contributed by atoms with E-state index in [0.717, 1.165) is 41.5 Å². The summed E-state index contributed by atoms with van der Waals surface area (Å²) in [5.41, 5.74) is 3.73. The summed E-state index contributed by atoms with van der Waals surface area (Å²) in [5, 5.41) is 1.40. The van der Waals surface area contributed by atoms with Crippen molar-refractivity contribution in [2.45, 2.75) is 19.3 Å². The van der Waals surface area contributed by atoms with E-state index in [1.54, 1.807) is 0 Å². The lowest BCUT2D eigenvalue weighted by atomic mass is 9.87. The number of Topliss-reactive ketones (excluding diaryl/α,β-unsaturated/α-hetero) is 1. The highest BCUT2D eigenvalue weighted by molar-refractivity contribution is 6.30. The van der Waals surface area contributed by atoms with E-state index in [1.807, 2.05) is 60.7 Å². The first kappa shape index (κ1) is 16.0. The molecular weight excluding hydrogens is 327 g/mol. The predicted molar refractivity (Wildman–Crippen MR) is 97.7 cm³/mol. The molecule has 0 spiro atoms. The van der Waals surface area contributed by atoms with Gasteiger partial charge in [0.25, 0.3) is 0 Å². The zero-order chi connectivity index (χ0) is 16.2. The second kappa shape index (κ2) is 7.16. The standard InChI is InChI=1S/C20H16Cl2O/c21-18-8-4-14(5-9-18)12-16-2-1-3-17(20(16)23)13-15-6-10-19(22)11-7-15/h4-13H,1-3H2/b16-12-,17-13+. The Balaban J connectivity index is 1.86. The molecule has 1 saturated carbocycles. The molecule has 0 radical (unpaired) electrons. The van der Waals surface area contributed by atoms with Gasteiger partial charge in [0, 0.05) is 21.2 Å². The fourth-order valence-electron chi connectivity index (χ4n) is 2.70. The van der Waals surface area contributed by atoms with Crippen LogP contribution in [0.4, 0.5) is 0 Å². The number of carbonyl (C=O) groups is 1. The van der Waals surface area contributed by atoms with Crippen LogP contribution in [0.3, 0.4) is 0 Å². The highest BCUT2D eigenvalue weighted by Gasteiger charge is 2.20. The van der Waals surface area contributed by atoms with Crippen molar-refractivity contribution >= 4 is 41.1 Å². The number of rotatable bonds is 2. The quantitative estimate of drug-likeness (QED) is 0.592. The Morgan fingerprint density at radius 2 is 1.09 bits per heavy atom. The molecule has 23 heavy (non-hydrogen) atoms. The zero-order valence-electron chi connectivity index (χ0n) is 12.6. The molecule has 0 heterocycles. The summed E-state index contributed by atoms with van der Waals surface area (Å²) >= 11 is 11.8. The lowest BCUT2D eigenvalue weighted by Crippen LogP contribution is -2.12. The van der Waals surface area contributed by atoms with Crippen LogP contribution in [0.15, 0.2) is 59.7 Å². The minimum Gasteiger partial charge on any atom is -0.289 e. The van der Waals surface area contributed by atoms with Crippen molar-refractivity contribution in [2.75, 3.05) is 0 Å². The maximum Gasteiger partial charge on any atom is 0.185 e. The SMILES string of the molecule is O=C1/C(=C\c2ccc(Cl)cc2)CCC/C1=C\c1ccc(Cl)cc1. The molecule has 3 heteroatoms. The number of hydrogen-bond acceptors (Lipinski definition) is 1. The lowest BCUT2D eigenvalue weighted by molar-refractivity contribution is -0.112. The molecule has 1 aliphatic carbocycles. The summed E-state index contributed by atoms with van der Waals surface area (Å²) in [4.78, 5) is 12.7. The van der Waals surface area contributed by atoms with Crippen LogP contribution in [-0.2, 0) is 4.79 Å². The molecule has 0 aliphatic heterocycles. The number of hydrogen-bond donors (Lipinski definition) is 0. The van der Waals surface area contributed by atoms with Crippen molar-refractivity contribution in [1.29, 1.82) is 0 Å². The fourth-order valence-corrected chi connectivity index (χ4v) is 2.95. The molecule has 0 amide bonds. The number of carbonyl (C=O) groups excluding carboxylic acids is 1. The van der Waals surface area contributed by atoms with Crippen molar-refractivity contribution in [1.82, 2.24) is 0 Å². The average molecular weight is 343 g/mol. The van der Waals surface area contributed by atoms with E-state index < -0.39 is 0 Å². The Morgan fingerprint density at radius 3 is 1.48 bits per heavy atom. The van der Waals surface area contributed by atoms with Gasteiger partial charge in [-0.1, -0.05) is 47.5 Å². The number of halogens is 2. The highest BCUT2D eigenvalue weighted by Crippen LogP contribution is 2.28. The van der Waals surface area contributed by atoms with Crippen LogP contribution < -0.4 is 0 Å². The Kier molecular flexibility index (Phi) is 5.00. The molecule has 0 unspecified atom stereocenters. The van der Waals surface area contributed by atoms with E-state index >= 15 is 0 Å². The smallest absolute Gasteiger partial charge is 0.185 e. The molecule has 2 aromatic rings. The third kappa shape index (κ3) is 4.13. The van der Waals surface area contributed by atoms with Gasteiger partial charge in [-0.05, 0) is 66.8 Å². The van der Waals surface area contributed by atoms with Crippen molar-refractivity contribution < 1.29 is 4.79 Å². The molecule has 0 atom stereocenters. The predicted octanol–water partition coefficient (Wildman–Crippen LogP) is 6.21. The van der Waals surface area contributed by atoms with E-state index in [9.17, 15) is 4.79 Å². The number of benzene rings is 2. The van der Waals surface area contributed by atoms with Crippen molar-refractivity contribution in [2.24, 2.45) is 0 Å². The third-order valence-electron chi connectivity index (χ3n) is 3.90. The van der Waals surface area contributed by atoms with Crippen LogP contribution in [0.1, 0.15) is 30.4 Å². The third-order valence-corrected chi connectivity index (χ3v) is 4.40. The Labute approximate surface area is 146 Å². The maximum absolute atomic E-state index is 12.7. The first-order chi connectivity index (χ1) is 11.1. The van der Waals surface area contributed by atoms with Gasteiger partial charge < -0.3 is 0 Å². The summed E-state index contributed by atoms with van der Waals surface area (Å²) < 4.78 is 0. The van der Waals surface area contributed by atoms with Crippen molar-refractivity contribution in [3.63, 3.8) is 0 Å². The van der Waals surface area contributed by atoms with E-state index in [0.29, 0.717) is 10.0 Å². The van der Waals surface area contributed by atoms with E-state index in [-0.39, 0.29) is 5.78 Å². The van der Waals surface area contributed by atoms with Crippen molar-refractivity contribution in [3.05, 3.63) is 80.8 Å². The topological polar surface area (TPSA) is 17.1 Å². The monoisotopic (exact) mass is 342 g/mol. The summed E-state index contributed by atoms with van der Waals surface area (Å²) in [6, 6.07) is 15.1. The van der Waals surface area contributed by atoms with Crippen LogP contribution in [0.2, 0.25) is 10.0 Å². The van der Waals surface area contributed by atoms with Gasteiger partial charge in [0.1, 0.15) is 0 Å². The molecule has 0 aromatic heterocycles. The molecule has 0 saturated heterocycles. The van der Waals surface area contributed by atoms with E-state index in [2.05, 4.69) is 0 Å². The second-order valence-corrected chi connectivity index (χ2v) is 6.50. The van der Waals surface area contributed by atoms with Gasteiger partial charge in [-0.15, -0.1) is 0 Å². The Hall–Kier alpha value is -1.83. The number of allylic oxidation sites excluding steroid dienone is 2. The molecule has 1 nitrogen and oxygen atoms in total. The molecule has 1 fully saturated rings. The second-order valence-electron chi connectivity index (χ2n) is 5.62. The largest absolute Gasteiger partial charge is 0.289 e. The Morgan fingerprint density at radius 1 is 0.696 bits per heavy atom. The van der Waals surface area contributed by atoms with Crippen LogP contribution in [-0.4, -0.2) is 5.78 Å². The van der Waals surface area contributed by atoms with Gasteiger partial charge in [-0.3, -0.25) is 4.79 Å². The minimum absolute atomic E-state index is 0.140. The van der Waals surface area contributed by atoms with Gasteiger partial charge in [0.15, 0.2) is 5.78 Å². The van der Waals surface area contributed by atoms with Crippen LogP contribution in [0.5, 0.6) is 0 Å². The fraction of sp³-hybridized carbons (Fsp3) is 0.150. The van der Waals surface area contributed by atoms with E-state index in [4.69, 9.17) is 23.2 Å². The summed E-state index contributed by atoms with van der Waals surface area (Å²) in [5.74, 6) is 0.140. The first-order valence-electron chi connectivity index (χ1n) is 7.59. The van der Waals surface area contributed by atoms with Gasteiger partial charge in [-0.2, -0.15) is 0 Å². The highest BCUT2D eigenvalue weighted by atomic mass is 35.5.